The largest absolute Gasteiger partial charge is 0.394 e. The summed E-state index contributed by atoms with van der Waals surface area (Å²) >= 11 is 0. The van der Waals surface area contributed by atoms with E-state index in [1.165, 1.54) is 12.1 Å². The maximum absolute atomic E-state index is 12.9. The summed E-state index contributed by atoms with van der Waals surface area (Å²) in [7, 11) is 0. The quantitative estimate of drug-likeness (QED) is 0.785. The van der Waals surface area contributed by atoms with Gasteiger partial charge in [0.25, 0.3) is 0 Å². The van der Waals surface area contributed by atoms with E-state index in [1.54, 1.807) is 0 Å². The molecule has 1 radical (unpaired) electrons. The second-order valence-electron chi connectivity index (χ2n) is 3.44. The van der Waals surface area contributed by atoms with Gasteiger partial charge in [0.2, 0.25) is 0 Å². The second kappa shape index (κ2) is 5.69. The molecule has 0 bridgehead atoms. The minimum Gasteiger partial charge on any atom is -0.394 e. The fourth-order valence-electron chi connectivity index (χ4n) is 1.49. The van der Waals surface area contributed by atoms with Crippen LogP contribution in [0.1, 0.15) is 18.4 Å². The summed E-state index contributed by atoms with van der Waals surface area (Å²) in [6.45, 7) is 3.78. The maximum atomic E-state index is 12.9. The van der Waals surface area contributed by atoms with Crippen LogP contribution in [-0.2, 0) is 32.7 Å². The maximum Gasteiger partial charge on any atom is 0.109 e. The summed E-state index contributed by atoms with van der Waals surface area (Å²) in [5, 5.41) is 2.96. The van der Waals surface area contributed by atoms with E-state index in [4.69, 9.17) is 0 Å². The molecule has 1 aliphatic rings. The van der Waals surface area contributed by atoms with Crippen LogP contribution in [0.3, 0.4) is 0 Å². The van der Waals surface area contributed by atoms with Crippen molar-refractivity contribution >= 4 is 5.70 Å². The zero-order valence-corrected chi connectivity index (χ0v) is 11.5. The van der Waals surface area contributed by atoms with Gasteiger partial charge in [-0.25, -0.2) is 14.9 Å². The van der Waals surface area contributed by atoms with E-state index in [1.807, 2.05) is 0 Å². The van der Waals surface area contributed by atoms with E-state index < -0.39 is 11.6 Å². The fourth-order valence-corrected chi connectivity index (χ4v) is 1.49. The minimum absolute atomic E-state index is 0. The van der Waals surface area contributed by atoms with E-state index in [2.05, 4.69) is 18.0 Å². The number of benzene rings is 1. The van der Waals surface area contributed by atoms with Crippen molar-refractivity contribution in [1.29, 1.82) is 0 Å². The molecule has 1 aromatic rings. The molecule has 0 amide bonds. The Morgan fingerprint density at radius 3 is 2.38 bits per heavy atom. The van der Waals surface area contributed by atoms with E-state index in [0.717, 1.165) is 24.6 Å². The Kier molecular flexibility index (Phi) is 4.81. The van der Waals surface area contributed by atoms with Crippen LogP contribution in [0.15, 0.2) is 30.5 Å². The molecule has 0 saturated carbocycles. The Hall–Kier alpha value is -0.536. The third-order valence-electron chi connectivity index (χ3n) is 2.18. The third kappa shape index (κ3) is 3.23. The van der Waals surface area contributed by atoms with E-state index >= 15 is 0 Å². The molecule has 0 atom stereocenters. The van der Waals surface area contributed by atoms with Crippen LogP contribution in [0.2, 0.25) is 0 Å². The first kappa shape index (κ1) is 13.5. The van der Waals surface area contributed by atoms with Gasteiger partial charge >= 0.3 is 0 Å². The predicted octanol–water partition coefficient (Wildman–Crippen LogP) is 3.00. The molecule has 1 nitrogen and oxygen atoms in total. The molecule has 0 aliphatic carbocycles. The summed E-state index contributed by atoms with van der Waals surface area (Å²) < 4.78 is 25.9. The van der Waals surface area contributed by atoms with E-state index in [9.17, 15) is 8.78 Å². The van der Waals surface area contributed by atoms with Gasteiger partial charge in [0.05, 0.1) is 0 Å². The van der Waals surface area contributed by atoms with Gasteiger partial charge in [-0.3, -0.25) is 0 Å². The summed E-state index contributed by atoms with van der Waals surface area (Å²) in [5.74, 6) is -1.17. The molecule has 0 saturated heterocycles. The van der Waals surface area contributed by atoms with Gasteiger partial charge in [-0.05, 0) is 6.42 Å². The minimum atomic E-state index is -0.586. The average molecular weight is 295 g/mol. The Morgan fingerprint density at radius 1 is 1.19 bits per heavy atom. The molecule has 1 heterocycles. The topological polar surface area (TPSA) is 12.0 Å². The van der Waals surface area contributed by atoms with Gasteiger partial charge in [0.1, 0.15) is 11.6 Å². The van der Waals surface area contributed by atoms with Crippen molar-refractivity contribution in [2.24, 2.45) is 0 Å². The number of nitrogens with one attached hydrogen (secondary N) is 1. The van der Waals surface area contributed by atoms with Crippen molar-refractivity contribution in [2.45, 2.75) is 12.8 Å². The molecule has 16 heavy (non-hydrogen) atoms. The Morgan fingerprint density at radius 2 is 1.81 bits per heavy atom. The van der Waals surface area contributed by atoms with Gasteiger partial charge in [-0.15, -0.1) is 17.7 Å². The zero-order chi connectivity index (χ0) is 10.8. The van der Waals surface area contributed by atoms with E-state index in [-0.39, 0.29) is 32.7 Å². The smallest absolute Gasteiger partial charge is 0.109 e. The monoisotopic (exact) mass is 295 g/mol. The number of hydrogen-bond acceptors (Lipinski definition) is 1. The van der Waals surface area contributed by atoms with Crippen molar-refractivity contribution in [1.82, 2.24) is 5.32 Å². The van der Waals surface area contributed by atoms with E-state index in [0.29, 0.717) is 11.3 Å². The van der Waals surface area contributed by atoms with Crippen LogP contribution in [-0.4, -0.2) is 0 Å². The van der Waals surface area contributed by atoms with Crippen LogP contribution < -0.4 is 5.32 Å². The number of halogens is 2. The first-order valence-electron chi connectivity index (χ1n) is 4.67. The molecule has 0 fully saturated rings. The average Bonchev–Trinajstić information content (AvgIpc) is 2.16. The molecule has 0 spiro atoms. The van der Waals surface area contributed by atoms with Crippen LogP contribution >= 0.6 is 0 Å². The molecular formula is C12H10F2NY-. The molecule has 4 heteroatoms. The number of rotatable bonds is 1. The van der Waals surface area contributed by atoms with Crippen molar-refractivity contribution < 1.29 is 41.5 Å². The summed E-state index contributed by atoms with van der Waals surface area (Å²) in [6, 6.07) is 3.40. The van der Waals surface area contributed by atoms with Crippen LogP contribution in [0, 0.1) is 17.7 Å². The van der Waals surface area contributed by atoms with Crippen molar-refractivity contribution in [3.63, 3.8) is 0 Å². The van der Waals surface area contributed by atoms with Crippen molar-refractivity contribution in [3.05, 3.63) is 53.7 Å². The van der Waals surface area contributed by atoms with Gasteiger partial charge in [0.15, 0.2) is 0 Å². The second-order valence-corrected chi connectivity index (χ2v) is 3.44. The standard InChI is InChI=1S/C12H10F2N.Y/c1-8-3-2-4-12(15-8)9-5-10(13)7-11(14)6-9;/h5-7,15H,1-3H2;/q-1;. The first-order chi connectivity index (χ1) is 7.15. The number of allylic oxidation sites excluding steroid dienone is 2. The third-order valence-corrected chi connectivity index (χ3v) is 2.18. The first-order valence-corrected chi connectivity index (χ1v) is 4.67. The van der Waals surface area contributed by atoms with Crippen LogP contribution in [0.5, 0.6) is 0 Å². The predicted molar refractivity (Wildman–Crippen MR) is 54.5 cm³/mol. The van der Waals surface area contributed by atoms with Crippen molar-refractivity contribution in [2.75, 3.05) is 0 Å². The molecule has 81 valence electrons. The van der Waals surface area contributed by atoms with Crippen molar-refractivity contribution in [3.8, 4) is 0 Å². The molecule has 0 aromatic heterocycles. The molecular weight excluding hydrogens is 285 g/mol. The van der Waals surface area contributed by atoms with Gasteiger partial charge in [-0.1, -0.05) is 18.7 Å². The fraction of sp³-hybridized carbons (Fsp3) is 0.167. The SMILES string of the molecule is C=C1CC[C-]=C(c2cc(F)cc(F)c2)N1.[Y]. The van der Waals surface area contributed by atoms with Crippen LogP contribution in [0.4, 0.5) is 8.78 Å². The zero-order valence-electron chi connectivity index (χ0n) is 8.69. The van der Waals surface area contributed by atoms with Gasteiger partial charge < -0.3 is 5.32 Å². The normalized spacial score (nSPS) is 14.9. The summed E-state index contributed by atoms with van der Waals surface area (Å²) in [5.41, 5.74) is 1.91. The summed E-state index contributed by atoms with van der Waals surface area (Å²) in [4.78, 5) is 0. The van der Waals surface area contributed by atoms with Gasteiger partial charge in [-0.2, -0.15) is 0 Å². The Bertz CT molecular complexity index is 420. The molecule has 1 aliphatic heterocycles. The Balaban J connectivity index is 0.00000128. The Labute approximate surface area is 119 Å². The molecule has 1 aromatic carbocycles. The summed E-state index contributed by atoms with van der Waals surface area (Å²) in [6.07, 6.45) is 4.56. The molecule has 2 rings (SSSR count). The number of hydrogen-bond donors (Lipinski definition) is 1. The van der Waals surface area contributed by atoms with Crippen LogP contribution in [0.25, 0.3) is 5.70 Å². The molecule has 1 N–H and O–H groups in total. The van der Waals surface area contributed by atoms with Gasteiger partial charge in [0, 0.05) is 44.5 Å². The molecule has 0 unspecified atom stereocenters.